The minimum absolute atomic E-state index is 0. The van der Waals surface area contributed by atoms with Crippen molar-refractivity contribution < 1.29 is 29.2 Å². The molecule has 6 heteroatoms. The largest absolute Gasteiger partial charge is 0.147 e. The van der Waals surface area contributed by atoms with Gasteiger partial charge in [-0.2, -0.15) is 0 Å². The first-order valence-electron chi connectivity index (χ1n) is 20.5. The maximum atomic E-state index is 6.63. The van der Waals surface area contributed by atoms with Crippen LogP contribution in [0.1, 0.15) is 125 Å². The van der Waals surface area contributed by atoms with Crippen LogP contribution in [0.4, 0.5) is 0 Å². The van der Waals surface area contributed by atoms with Gasteiger partial charge >= 0.3 is 345 Å². The summed E-state index contributed by atoms with van der Waals surface area (Å²) in [6, 6.07) is 32.6. The van der Waals surface area contributed by atoms with Crippen LogP contribution < -0.4 is 0 Å². The molecule has 0 saturated carbocycles. The number of allylic oxidation sites excluding steroid dienone is 2. The monoisotopic (exact) mass is 902 g/mol. The van der Waals surface area contributed by atoms with Crippen LogP contribution in [0.15, 0.2) is 93.8 Å². The average Bonchev–Trinajstić information content (AvgIpc) is 3.96. The van der Waals surface area contributed by atoms with Crippen molar-refractivity contribution in [1.82, 2.24) is 0 Å². The zero-order valence-electron chi connectivity index (χ0n) is 36.2. The first-order valence-corrected chi connectivity index (χ1v) is 29.5. The number of rotatable bonds is 8. The molecule has 2 nitrogen and oxygen atoms in total. The van der Waals surface area contributed by atoms with E-state index in [1.165, 1.54) is 89.0 Å². The molecule has 2 atom stereocenters. The van der Waals surface area contributed by atoms with Crippen LogP contribution in [0.2, 0.25) is 13.1 Å². The maximum absolute atomic E-state index is 6.63. The summed E-state index contributed by atoms with van der Waals surface area (Å²) in [5.41, 5.74) is 21.4. The zero-order chi connectivity index (χ0) is 39.7. The summed E-state index contributed by atoms with van der Waals surface area (Å²) in [7, 11) is 0. The van der Waals surface area contributed by atoms with Crippen LogP contribution in [0.5, 0.6) is 0 Å². The molecular formula is C52H58Cl2O2SiZr. The summed E-state index contributed by atoms with van der Waals surface area (Å²) in [5, 5.41) is 0. The second kappa shape index (κ2) is 17.3. The molecule has 0 amide bonds. The van der Waals surface area contributed by atoms with Crippen LogP contribution in [0.3, 0.4) is 0 Å². The normalized spacial score (nSPS) is 15.5. The second-order valence-electron chi connectivity index (χ2n) is 17.3. The fourth-order valence-corrected chi connectivity index (χ4v) is 29.1. The number of aryl methyl sites for hydroxylation is 4. The molecule has 0 N–H and O–H groups in total. The van der Waals surface area contributed by atoms with Gasteiger partial charge in [0.25, 0.3) is 0 Å². The molecule has 2 heterocycles. The molecule has 4 aromatic carbocycles. The van der Waals surface area contributed by atoms with Crippen molar-refractivity contribution in [2.75, 3.05) is 0 Å². The summed E-state index contributed by atoms with van der Waals surface area (Å²) in [6.07, 6.45) is 5.08. The molecule has 0 saturated heterocycles. The molecule has 0 aliphatic heterocycles. The van der Waals surface area contributed by atoms with Crippen molar-refractivity contribution >= 4 is 53.5 Å². The number of fused-ring (bicyclic) bond motifs is 2. The van der Waals surface area contributed by atoms with E-state index in [1.54, 1.807) is 0 Å². The van der Waals surface area contributed by atoms with Gasteiger partial charge in [-0.25, -0.2) is 0 Å². The van der Waals surface area contributed by atoms with E-state index >= 15 is 0 Å². The molecule has 2 aromatic heterocycles. The van der Waals surface area contributed by atoms with E-state index in [0.29, 0.717) is 19.1 Å². The van der Waals surface area contributed by atoms with Gasteiger partial charge in [0.1, 0.15) is 0 Å². The molecule has 0 radical (unpaired) electrons. The van der Waals surface area contributed by atoms with Crippen LogP contribution >= 0.6 is 24.8 Å². The van der Waals surface area contributed by atoms with Crippen molar-refractivity contribution in [1.29, 1.82) is 0 Å². The molecule has 2 aliphatic carbocycles. The van der Waals surface area contributed by atoms with E-state index in [9.17, 15) is 0 Å². The predicted molar refractivity (Wildman–Crippen MR) is 251 cm³/mol. The van der Waals surface area contributed by atoms with Crippen molar-refractivity contribution in [3.05, 3.63) is 164 Å². The standard InChI is InChI=1S/2C25H25O.C2H6Si.2ClH.Zr/c2*1-15(2)19-7-9-20(10-8-19)25-18(5)16(3)12-21-13-22(14-23(21)25)24-11-6-17(4)26-24;1-3-2;;;/h2*6-15H,1-5H3;1-2H3;2*1H;. The third-order valence-corrected chi connectivity index (χ3v) is 31.9. The molecule has 58 heavy (non-hydrogen) atoms. The number of hydrogen-bond donors (Lipinski definition) is 0. The first kappa shape index (κ1) is 44.2. The Hall–Kier alpha value is -3.40. The Morgan fingerprint density at radius 3 is 1.17 bits per heavy atom. The van der Waals surface area contributed by atoms with Crippen molar-refractivity contribution in [2.24, 2.45) is 0 Å². The fourth-order valence-electron chi connectivity index (χ4n) is 9.36. The number of hydrogen-bond acceptors (Lipinski definition) is 2. The van der Waals surface area contributed by atoms with Gasteiger partial charge in [0.2, 0.25) is 0 Å². The van der Waals surface area contributed by atoms with Gasteiger partial charge in [-0.15, -0.1) is 24.8 Å². The topological polar surface area (TPSA) is 26.3 Å². The van der Waals surface area contributed by atoms with E-state index in [4.69, 9.17) is 8.83 Å². The third-order valence-electron chi connectivity index (χ3n) is 12.7. The summed E-state index contributed by atoms with van der Waals surface area (Å²) in [6.45, 7) is 27.8. The molecular weight excluding hydrogens is 847 g/mol. The Bertz CT molecular complexity index is 2440. The van der Waals surface area contributed by atoms with Gasteiger partial charge in [0.05, 0.1) is 0 Å². The third kappa shape index (κ3) is 7.73. The number of benzene rings is 4. The number of furan rings is 2. The average molecular weight is 905 g/mol. The first-order chi connectivity index (χ1) is 26.7. The van der Waals surface area contributed by atoms with Crippen molar-refractivity contribution in [3.8, 4) is 22.3 Å². The maximum Gasteiger partial charge on any atom is -0.147 e. The molecule has 6 aromatic rings. The Morgan fingerprint density at radius 1 is 0.517 bits per heavy atom. The van der Waals surface area contributed by atoms with Gasteiger partial charge in [0, 0.05) is 0 Å². The minimum atomic E-state index is -2.70. The SMILES string of the molecule is Cc1ccc(C2=Cc3c(cc(C)c(C)c3-c3ccc(C(C)C)cc3)[CH]2[Zr]([CH]2C(c3ccc(C)o3)=Cc3c2cc(C)c(C)c3-c2ccc(C(C)C)cc2)=[Si](C)C)o1.Cl.Cl. The Balaban J connectivity index is 0.00000283. The van der Waals surface area contributed by atoms with E-state index in [-0.39, 0.29) is 24.8 Å². The van der Waals surface area contributed by atoms with Gasteiger partial charge < -0.3 is 0 Å². The molecule has 0 fully saturated rings. The van der Waals surface area contributed by atoms with Crippen molar-refractivity contribution in [3.63, 3.8) is 0 Å². The van der Waals surface area contributed by atoms with Gasteiger partial charge in [-0.1, -0.05) is 0 Å². The summed E-state index contributed by atoms with van der Waals surface area (Å²) < 4.78 is 13.9. The van der Waals surface area contributed by atoms with Gasteiger partial charge in [-0.3, -0.25) is 0 Å². The Labute approximate surface area is 367 Å². The zero-order valence-corrected chi connectivity index (χ0v) is 41.3. The molecule has 300 valence electrons. The van der Waals surface area contributed by atoms with Gasteiger partial charge in [0.15, 0.2) is 0 Å². The van der Waals surface area contributed by atoms with E-state index < -0.39 is 25.8 Å². The van der Waals surface area contributed by atoms with Crippen LogP contribution in [0, 0.1) is 41.5 Å². The number of halogens is 2. The van der Waals surface area contributed by atoms with Crippen LogP contribution in [0.25, 0.3) is 45.6 Å². The van der Waals surface area contributed by atoms with E-state index in [1.807, 2.05) is 0 Å². The summed E-state index contributed by atoms with van der Waals surface area (Å²) >= 11 is -2.70. The Morgan fingerprint density at radius 2 is 0.879 bits per heavy atom. The predicted octanol–water partition coefficient (Wildman–Crippen LogP) is 15.9. The second-order valence-corrected chi connectivity index (χ2v) is 35.2. The minimum Gasteiger partial charge on any atom is -0.147 e. The van der Waals surface area contributed by atoms with E-state index in [0.717, 1.165) is 23.0 Å². The fraction of sp³-hybridized carbons (Fsp3) is 0.308. The van der Waals surface area contributed by atoms with E-state index in [2.05, 4.69) is 179 Å². The molecule has 8 rings (SSSR count). The molecule has 2 aliphatic rings. The Kier molecular flexibility index (Phi) is 13.2. The molecule has 0 bridgehead atoms. The van der Waals surface area contributed by atoms with Crippen molar-refractivity contribution in [2.45, 2.75) is 101 Å². The van der Waals surface area contributed by atoms with Gasteiger partial charge in [-0.05, 0) is 0 Å². The smallest absolute Gasteiger partial charge is 0.147 e. The van der Waals surface area contributed by atoms with Crippen LogP contribution in [-0.4, -0.2) is 5.43 Å². The quantitative estimate of drug-likeness (QED) is 0.142. The summed E-state index contributed by atoms with van der Waals surface area (Å²) in [5.74, 6) is 4.99. The molecule has 2 unspecified atom stereocenters. The van der Waals surface area contributed by atoms with Crippen LogP contribution in [-0.2, 0) is 20.4 Å². The summed E-state index contributed by atoms with van der Waals surface area (Å²) in [4.78, 5) is 0. The molecule has 0 spiro atoms.